The van der Waals surface area contributed by atoms with E-state index in [2.05, 4.69) is 0 Å². The summed E-state index contributed by atoms with van der Waals surface area (Å²) < 4.78 is 175. The Balaban J connectivity index is 6.12. The maximum absolute atomic E-state index is 13.3. The fourth-order valence-electron chi connectivity index (χ4n) is 1.11. The predicted octanol–water partition coefficient (Wildman–Crippen LogP) is 6.18. The Morgan fingerprint density at radius 2 is 0.792 bits per heavy atom. The molecule has 0 saturated heterocycles. The van der Waals surface area contributed by atoms with Crippen molar-refractivity contribution in [1.29, 1.82) is 0 Å². The molecule has 0 aromatic rings. The van der Waals surface area contributed by atoms with Crippen molar-refractivity contribution in [2.45, 2.75) is 45.7 Å². The third-order valence-electron chi connectivity index (χ3n) is 2.48. The summed E-state index contributed by atoms with van der Waals surface area (Å²) in [6.45, 7) is 0. The van der Waals surface area contributed by atoms with Gasteiger partial charge in [-0.05, 0) is 0 Å². The minimum atomic E-state index is -7.76. The van der Waals surface area contributed by atoms with E-state index in [-0.39, 0.29) is 0 Å². The topological polar surface area (TPSA) is 0 Å². The van der Waals surface area contributed by atoms with E-state index < -0.39 is 45.7 Å². The predicted molar refractivity (Wildman–Crippen MR) is 57.3 cm³/mol. The molecule has 0 aliphatic heterocycles. The summed E-state index contributed by atoms with van der Waals surface area (Å²) in [4.78, 5) is -7.68. The van der Waals surface area contributed by atoms with Crippen LogP contribution in [0.5, 0.6) is 0 Å². The molecule has 0 amide bonds. The number of alkyl halides is 16. The molecule has 0 aromatic heterocycles. The molecule has 0 spiro atoms. The number of halogens is 16. The Hall–Kier alpha value is -0.0200. The third-order valence-corrected chi connectivity index (χ3v) is 5.34. The monoisotopic (exact) mass is 522 g/mol. The first kappa shape index (κ1) is 24.0. The molecule has 2 unspecified atom stereocenters. The van der Waals surface area contributed by atoms with Crippen molar-refractivity contribution >= 4 is 31.9 Å². The lowest BCUT2D eigenvalue weighted by Crippen LogP contribution is -2.69. The zero-order valence-corrected chi connectivity index (χ0v) is 13.4. The summed E-state index contributed by atoms with van der Waals surface area (Å²) in [5.74, 6) is -29.6. The standard InChI is InChI=1S/C8H2Br2F14/c9-1(2(10)4(13,14)15)3(11,12)5(16,17)6(18,19)7(20,21)8(22,23)24/h1-2H. The van der Waals surface area contributed by atoms with E-state index in [4.69, 9.17) is 0 Å². The van der Waals surface area contributed by atoms with Crippen molar-refractivity contribution in [3.8, 4) is 0 Å². The van der Waals surface area contributed by atoms with E-state index in [0.29, 0.717) is 0 Å². The molecular weight excluding hydrogens is 522 g/mol. The summed E-state index contributed by atoms with van der Waals surface area (Å²) >= 11 is 2.70. The quantitative estimate of drug-likeness (QED) is 0.298. The third kappa shape index (κ3) is 3.58. The summed E-state index contributed by atoms with van der Waals surface area (Å²) in [5, 5.41) is 0. The Morgan fingerprint density at radius 3 is 1.04 bits per heavy atom. The van der Waals surface area contributed by atoms with Crippen LogP contribution in [0.3, 0.4) is 0 Å². The Morgan fingerprint density at radius 1 is 0.458 bits per heavy atom. The first-order valence-electron chi connectivity index (χ1n) is 4.99. The Bertz CT molecular complexity index is 449. The molecule has 0 nitrogen and oxygen atoms in total. The number of hydrogen-bond donors (Lipinski definition) is 0. The minimum absolute atomic E-state index is 1.29. The molecule has 24 heavy (non-hydrogen) atoms. The Kier molecular flexibility index (Phi) is 6.29. The van der Waals surface area contributed by atoms with Crippen molar-refractivity contribution in [3.63, 3.8) is 0 Å². The van der Waals surface area contributed by atoms with E-state index in [1.165, 1.54) is 31.9 Å². The smallest absolute Gasteiger partial charge is 0.198 e. The first-order chi connectivity index (χ1) is 10.1. The van der Waals surface area contributed by atoms with Crippen LogP contribution < -0.4 is 0 Å². The van der Waals surface area contributed by atoms with Crippen molar-refractivity contribution in [2.75, 3.05) is 0 Å². The maximum atomic E-state index is 13.3. The molecule has 0 fully saturated rings. The average Bonchev–Trinajstić information content (AvgIpc) is 2.33. The van der Waals surface area contributed by atoms with Gasteiger partial charge in [-0.1, -0.05) is 31.9 Å². The van der Waals surface area contributed by atoms with Gasteiger partial charge in [0.25, 0.3) is 0 Å². The second kappa shape index (κ2) is 6.30. The summed E-state index contributed by atoms with van der Waals surface area (Å²) in [6, 6.07) is 0. The molecule has 146 valence electrons. The highest BCUT2D eigenvalue weighted by atomic mass is 79.9. The lowest BCUT2D eigenvalue weighted by Gasteiger charge is -2.39. The molecule has 0 aliphatic carbocycles. The summed E-state index contributed by atoms with van der Waals surface area (Å²) in [6.07, 6.45) is -13.1. The largest absolute Gasteiger partial charge is 0.460 e. The van der Waals surface area contributed by atoms with Gasteiger partial charge >= 0.3 is 36.0 Å². The highest BCUT2D eigenvalue weighted by Crippen LogP contribution is 2.59. The molecule has 0 rings (SSSR count). The molecule has 2 atom stereocenters. The van der Waals surface area contributed by atoms with Gasteiger partial charge in [0, 0.05) is 0 Å². The van der Waals surface area contributed by atoms with E-state index in [9.17, 15) is 61.5 Å². The van der Waals surface area contributed by atoms with Gasteiger partial charge in [0.05, 0.1) is 0 Å². The van der Waals surface area contributed by atoms with Crippen molar-refractivity contribution < 1.29 is 61.5 Å². The maximum Gasteiger partial charge on any atom is 0.460 e. The molecule has 0 saturated carbocycles. The van der Waals surface area contributed by atoms with Crippen LogP contribution in [0.2, 0.25) is 0 Å². The fourth-order valence-corrected chi connectivity index (χ4v) is 2.03. The van der Waals surface area contributed by atoms with Gasteiger partial charge in [-0.2, -0.15) is 61.5 Å². The lowest BCUT2D eigenvalue weighted by atomic mass is 9.95. The normalized spacial score (nSPS) is 18.5. The van der Waals surface area contributed by atoms with Gasteiger partial charge in [-0.3, -0.25) is 0 Å². The van der Waals surface area contributed by atoms with Crippen LogP contribution in [-0.4, -0.2) is 45.7 Å². The highest BCUT2D eigenvalue weighted by Gasteiger charge is 2.88. The molecule has 0 N–H and O–H groups in total. The van der Waals surface area contributed by atoms with Gasteiger partial charge in [-0.15, -0.1) is 0 Å². The van der Waals surface area contributed by atoms with Crippen LogP contribution in [0.15, 0.2) is 0 Å². The van der Waals surface area contributed by atoms with E-state index in [1.54, 1.807) is 0 Å². The molecule has 0 radical (unpaired) electrons. The van der Waals surface area contributed by atoms with Crippen molar-refractivity contribution in [1.82, 2.24) is 0 Å². The van der Waals surface area contributed by atoms with Gasteiger partial charge in [-0.25, -0.2) is 0 Å². The fraction of sp³-hybridized carbons (Fsp3) is 1.00. The first-order valence-corrected chi connectivity index (χ1v) is 6.82. The lowest BCUT2D eigenvalue weighted by molar-refractivity contribution is -0.422. The highest BCUT2D eigenvalue weighted by molar-refractivity contribution is 9.12. The van der Waals surface area contributed by atoms with Crippen LogP contribution in [0.1, 0.15) is 0 Å². The van der Waals surface area contributed by atoms with Crippen molar-refractivity contribution in [3.05, 3.63) is 0 Å². The molecule has 0 heterocycles. The molecule has 0 aromatic carbocycles. The van der Waals surface area contributed by atoms with Crippen molar-refractivity contribution in [2.24, 2.45) is 0 Å². The van der Waals surface area contributed by atoms with Crippen LogP contribution in [0, 0.1) is 0 Å². The van der Waals surface area contributed by atoms with Gasteiger partial charge in [0.15, 0.2) is 0 Å². The Labute approximate surface area is 139 Å². The summed E-state index contributed by atoms with van der Waals surface area (Å²) in [7, 11) is 0. The van der Waals surface area contributed by atoms with Crippen LogP contribution in [0.4, 0.5) is 61.5 Å². The summed E-state index contributed by atoms with van der Waals surface area (Å²) in [5.41, 5.74) is 0. The van der Waals surface area contributed by atoms with Crippen LogP contribution >= 0.6 is 31.9 Å². The van der Waals surface area contributed by atoms with Gasteiger partial charge < -0.3 is 0 Å². The molecule has 0 bridgehead atoms. The molecule has 16 heteroatoms. The minimum Gasteiger partial charge on any atom is -0.198 e. The van der Waals surface area contributed by atoms with E-state index in [0.717, 1.165) is 0 Å². The SMILES string of the molecule is FC(F)(F)C(Br)C(Br)C(F)(F)C(F)(F)C(F)(F)C(F)(F)C(F)(F)F. The zero-order valence-electron chi connectivity index (χ0n) is 10.2. The van der Waals surface area contributed by atoms with Crippen LogP contribution in [0.25, 0.3) is 0 Å². The molecule has 0 aliphatic rings. The second-order valence-corrected chi connectivity index (χ2v) is 6.16. The number of rotatable bonds is 5. The average molecular weight is 524 g/mol. The second-order valence-electron chi connectivity index (χ2n) is 4.19. The van der Waals surface area contributed by atoms with Gasteiger partial charge in [0.1, 0.15) is 9.65 Å². The number of hydrogen-bond acceptors (Lipinski definition) is 0. The van der Waals surface area contributed by atoms with Gasteiger partial charge in [0.2, 0.25) is 0 Å². The molecular formula is C8H2Br2F14. The van der Waals surface area contributed by atoms with E-state index >= 15 is 0 Å². The zero-order chi connectivity index (χ0) is 20.2. The van der Waals surface area contributed by atoms with Crippen LogP contribution in [-0.2, 0) is 0 Å². The van der Waals surface area contributed by atoms with E-state index in [1.807, 2.05) is 0 Å².